The summed E-state index contributed by atoms with van der Waals surface area (Å²) in [6.07, 6.45) is 13.9. The van der Waals surface area contributed by atoms with Crippen molar-refractivity contribution < 1.29 is 90.6 Å². The Bertz CT molecular complexity index is 1390. The fourth-order valence-electron chi connectivity index (χ4n) is 7.11. The second kappa shape index (κ2) is 34.2. The monoisotopic (exact) mass is 968 g/mol. The highest BCUT2D eigenvalue weighted by atomic mass is 31.2. The van der Waals surface area contributed by atoms with E-state index in [4.69, 9.17) is 18.5 Å². The lowest BCUT2D eigenvalue weighted by Gasteiger charge is -2.44. The summed E-state index contributed by atoms with van der Waals surface area (Å²) in [5.41, 5.74) is 0. The van der Waals surface area contributed by atoms with E-state index in [0.717, 1.165) is 64.2 Å². The first-order valence-corrected chi connectivity index (χ1v) is 27.5. The molecule has 8 atom stereocenters. The zero-order valence-corrected chi connectivity index (χ0v) is 40.1. The minimum Gasteiger partial charge on any atom is -0.462 e. The summed E-state index contributed by atoms with van der Waals surface area (Å²) in [5, 5.41) is 31.8. The minimum atomic E-state index is -5.60. The molecule has 1 fully saturated rings. The Labute approximate surface area is 374 Å². The Morgan fingerprint density at radius 2 is 0.873 bits per heavy atom. The number of hydrogen-bond donors (Lipinski definition) is 8. The molecule has 0 aliphatic heterocycles. The SMILES string of the molecule is CCCCCC/C=C\CCCCCCCC(=O)OC[C@H](COP(=O)(O)O[C@H]1C(O)C(O)C(OP(=O)(O)O)[C@@H](OP(=O)(O)O)C1O)OC(=O)CCCCCCCCCCCCCCC. The van der Waals surface area contributed by atoms with Crippen LogP contribution in [-0.2, 0) is 50.9 Å². The van der Waals surface area contributed by atoms with Crippen molar-refractivity contribution in [2.45, 2.75) is 224 Å². The van der Waals surface area contributed by atoms with Crippen molar-refractivity contribution in [3.63, 3.8) is 0 Å². The molecule has 0 spiro atoms. The fourth-order valence-corrected chi connectivity index (χ4v) is 9.20. The lowest BCUT2D eigenvalue weighted by atomic mass is 9.85. The van der Waals surface area contributed by atoms with E-state index >= 15 is 0 Å². The second-order valence-corrected chi connectivity index (χ2v) is 20.1. The molecular weight excluding hydrogens is 889 g/mol. The predicted octanol–water partition coefficient (Wildman–Crippen LogP) is 7.73. The number of hydrogen-bond acceptors (Lipinski definition) is 14. The molecule has 0 bridgehead atoms. The van der Waals surface area contributed by atoms with Crippen molar-refractivity contribution in [3.05, 3.63) is 12.2 Å². The fraction of sp³-hybridized carbons (Fsp3) is 0.902. The molecule has 0 radical (unpaired) electrons. The van der Waals surface area contributed by atoms with Gasteiger partial charge in [0.05, 0.1) is 6.61 Å². The maximum atomic E-state index is 13.1. The molecule has 0 aromatic carbocycles. The molecule has 19 nitrogen and oxygen atoms in total. The largest absolute Gasteiger partial charge is 0.472 e. The standard InChI is InChI=1S/C41H79O19P3/c1-3-5-7-9-11-13-15-17-19-21-23-25-27-29-34(42)55-31-33(57-35(43)30-28-26-24-22-20-18-16-14-12-10-8-6-4-2)32-56-63(53,54)60-39-36(44)37(45)40(58-61(47,48)49)41(38(39)46)59-62(50,51)52/h13,15,33,36-41,44-46H,3-12,14,16-32H2,1-2H3,(H,53,54)(H2,47,48,49)(H2,50,51,52)/b15-13-/t33-,36?,37?,38?,39+,40?,41+/m1/s1. The molecule has 0 aromatic heterocycles. The normalized spacial score (nSPS) is 22.3. The van der Waals surface area contributed by atoms with Crippen LogP contribution in [0.5, 0.6) is 0 Å². The predicted molar refractivity (Wildman–Crippen MR) is 234 cm³/mol. The third-order valence-corrected chi connectivity index (χ3v) is 12.6. The van der Waals surface area contributed by atoms with E-state index in [0.29, 0.717) is 12.8 Å². The average molecular weight is 969 g/mol. The van der Waals surface area contributed by atoms with Crippen LogP contribution in [0.25, 0.3) is 0 Å². The van der Waals surface area contributed by atoms with Gasteiger partial charge in [0.2, 0.25) is 0 Å². The van der Waals surface area contributed by atoms with E-state index in [1.807, 2.05) is 0 Å². The third kappa shape index (κ3) is 30.7. The highest BCUT2D eigenvalue weighted by Crippen LogP contribution is 2.51. The zero-order chi connectivity index (χ0) is 47.2. The maximum Gasteiger partial charge on any atom is 0.472 e. The summed E-state index contributed by atoms with van der Waals surface area (Å²) >= 11 is 0. The maximum absolute atomic E-state index is 13.1. The smallest absolute Gasteiger partial charge is 0.462 e. The zero-order valence-electron chi connectivity index (χ0n) is 37.4. The van der Waals surface area contributed by atoms with Gasteiger partial charge in [0.25, 0.3) is 0 Å². The number of carbonyl (C=O) groups is 2. The molecular formula is C41H79O19P3. The number of esters is 2. The molecule has 0 saturated heterocycles. The molecule has 22 heteroatoms. The summed E-state index contributed by atoms with van der Waals surface area (Å²) in [5.74, 6) is -1.30. The average Bonchev–Trinajstić information content (AvgIpc) is 3.20. The van der Waals surface area contributed by atoms with Gasteiger partial charge in [0, 0.05) is 12.8 Å². The van der Waals surface area contributed by atoms with E-state index in [2.05, 4.69) is 35.0 Å². The number of phosphoric ester groups is 3. The molecule has 5 unspecified atom stereocenters. The molecule has 1 aliphatic rings. The number of aliphatic hydroxyl groups is 3. The Hall–Kier alpha value is -1.11. The number of rotatable bonds is 39. The first kappa shape index (κ1) is 59.9. The van der Waals surface area contributed by atoms with Crippen LogP contribution in [0, 0.1) is 0 Å². The van der Waals surface area contributed by atoms with Crippen molar-refractivity contribution in [2.24, 2.45) is 0 Å². The molecule has 1 rings (SSSR count). The topological polar surface area (TPSA) is 303 Å². The number of carbonyl (C=O) groups excluding carboxylic acids is 2. The van der Waals surface area contributed by atoms with E-state index in [-0.39, 0.29) is 12.8 Å². The van der Waals surface area contributed by atoms with Gasteiger partial charge in [-0.25, -0.2) is 13.7 Å². The van der Waals surface area contributed by atoms with Crippen LogP contribution in [-0.4, -0.2) is 108 Å². The van der Waals surface area contributed by atoms with Crippen LogP contribution in [0.4, 0.5) is 0 Å². The van der Waals surface area contributed by atoms with Crippen molar-refractivity contribution in [2.75, 3.05) is 13.2 Å². The molecule has 0 heterocycles. The molecule has 0 aromatic rings. The summed E-state index contributed by atoms with van der Waals surface area (Å²) in [6, 6.07) is 0. The van der Waals surface area contributed by atoms with Crippen LogP contribution in [0.2, 0.25) is 0 Å². The van der Waals surface area contributed by atoms with Gasteiger partial charge >= 0.3 is 35.4 Å². The lowest BCUT2D eigenvalue weighted by Crippen LogP contribution is -2.65. The molecule has 63 heavy (non-hydrogen) atoms. The van der Waals surface area contributed by atoms with E-state index in [9.17, 15) is 63.1 Å². The quantitative estimate of drug-likeness (QED) is 0.0126. The van der Waals surface area contributed by atoms with Crippen LogP contribution in [0.1, 0.15) is 181 Å². The van der Waals surface area contributed by atoms with Gasteiger partial charge in [-0.2, -0.15) is 0 Å². The van der Waals surface area contributed by atoms with Gasteiger partial charge in [-0.05, 0) is 38.5 Å². The number of phosphoric acid groups is 3. The van der Waals surface area contributed by atoms with Crippen LogP contribution >= 0.6 is 23.5 Å². The summed E-state index contributed by atoms with van der Waals surface area (Å²) in [7, 11) is -16.6. The Kier molecular flexibility index (Phi) is 32.5. The van der Waals surface area contributed by atoms with Crippen LogP contribution in [0.3, 0.4) is 0 Å². The highest BCUT2D eigenvalue weighted by molar-refractivity contribution is 7.47. The van der Waals surface area contributed by atoms with Gasteiger partial charge in [-0.15, -0.1) is 0 Å². The minimum absolute atomic E-state index is 0.00139. The molecule has 8 N–H and O–H groups in total. The summed E-state index contributed by atoms with van der Waals surface area (Å²) in [6.45, 7) is 2.91. The molecule has 1 saturated carbocycles. The van der Waals surface area contributed by atoms with E-state index in [1.165, 1.54) is 77.0 Å². The van der Waals surface area contributed by atoms with Crippen LogP contribution < -0.4 is 0 Å². The first-order valence-electron chi connectivity index (χ1n) is 23.0. The molecule has 1 aliphatic carbocycles. The van der Waals surface area contributed by atoms with Gasteiger partial charge in [-0.1, -0.05) is 142 Å². The highest BCUT2D eigenvalue weighted by Gasteiger charge is 2.56. The number of aliphatic hydroxyl groups excluding tert-OH is 3. The van der Waals surface area contributed by atoms with Gasteiger partial charge in [0.1, 0.15) is 43.2 Å². The second-order valence-electron chi connectivity index (χ2n) is 16.3. The van der Waals surface area contributed by atoms with Gasteiger partial charge in [-0.3, -0.25) is 27.7 Å². The molecule has 0 amide bonds. The molecule has 372 valence electrons. The Morgan fingerprint density at radius 3 is 1.33 bits per heavy atom. The third-order valence-electron chi connectivity index (χ3n) is 10.6. The van der Waals surface area contributed by atoms with Crippen molar-refractivity contribution in [1.82, 2.24) is 0 Å². The van der Waals surface area contributed by atoms with Gasteiger partial charge in [0.15, 0.2) is 6.10 Å². The summed E-state index contributed by atoms with van der Waals surface area (Å²) < 4.78 is 65.3. The first-order chi connectivity index (χ1) is 29.8. The number of ether oxygens (including phenoxy) is 2. The summed E-state index contributed by atoms with van der Waals surface area (Å²) in [4.78, 5) is 73.0. The van der Waals surface area contributed by atoms with Crippen molar-refractivity contribution in [1.29, 1.82) is 0 Å². The Morgan fingerprint density at radius 1 is 0.492 bits per heavy atom. The van der Waals surface area contributed by atoms with E-state index in [1.54, 1.807) is 0 Å². The van der Waals surface area contributed by atoms with E-state index < -0.39 is 91.3 Å². The lowest BCUT2D eigenvalue weighted by molar-refractivity contribution is -0.213. The Balaban J connectivity index is 2.76. The van der Waals surface area contributed by atoms with Crippen LogP contribution in [0.15, 0.2) is 12.2 Å². The van der Waals surface area contributed by atoms with Crippen molar-refractivity contribution in [3.8, 4) is 0 Å². The van der Waals surface area contributed by atoms with Gasteiger partial charge < -0.3 is 49.3 Å². The van der Waals surface area contributed by atoms with Crippen molar-refractivity contribution >= 4 is 35.4 Å². The number of unbranched alkanes of at least 4 members (excludes halogenated alkanes) is 21. The number of allylic oxidation sites excluding steroid dienone is 2.